The van der Waals surface area contributed by atoms with Gasteiger partial charge in [-0.1, -0.05) is 0 Å². The summed E-state index contributed by atoms with van der Waals surface area (Å²) in [6.45, 7) is 0.901. The molecule has 2 saturated heterocycles. The number of rotatable bonds is 3. The largest absolute Gasteiger partial charge is 0.394 e. The number of aliphatic hydroxyl groups is 6. The molecule has 0 amide bonds. The molecule has 2 heterocycles. The van der Waals surface area contributed by atoms with Crippen molar-refractivity contribution in [1.29, 1.82) is 0 Å². The fourth-order valence-electron chi connectivity index (χ4n) is 2.55. The van der Waals surface area contributed by atoms with Crippen LogP contribution in [-0.2, 0) is 14.2 Å². The summed E-state index contributed by atoms with van der Waals surface area (Å²) in [6.07, 6.45) is -11.8. The minimum atomic E-state index is -1.57. The van der Waals surface area contributed by atoms with E-state index in [-0.39, 0.29) is 0 Å². The molecule has 0 aromatic rings. The molecule has 22 heavy (non-hydrogen) atoms. The standard InChI is InChI=1S/C12H23NO9/c1-3-6(15)8(17)9(18)12(20-3)22-10-5(13)11(19)21-4(2-14)7(10)16/h3-12,14-19H,2,13H2,1H3/t3?,4?,5?,6-,7-,8+,9?,10-,11-,12+/m1/s1. The zero-order valence-electron chi connectivity index (χ0n) is 12.0. The zero-order chi connectivity index (χ0) is 16.6. The summed E-state index contributed by atoms with van der Waals surface area (Å²) in [4.78, 5) is 0. The van der Waals surface area contributed by atoms with Crippen LogP contribution >= 0.6 is 0 Å². The minimum absolute atomic E-state index is 0.573. The average molecular weight is 325 g/mol. The van der Waals surface area contributed by atoms with Gasteiger partial charge in [-0.05, 0) is 6.92 Å². The highest BCUT2D eigenvalue weighted by Crippen LogP contribution is 2.27. The van der Waals surface area contributed by atoms with Crippen LogP contribution in [0.1, 0.15) is 6.92 Å². The highest BCUT2D eigenvalue weighted by molar-refractivity contribution is 4.94. The highest BCUT2D eigenvalue weighted by atomic mass is 16.7. The molecule has 0 spiro atoms. The summed E-state index contributed by atoms with van der Waals surface area (Å²) in [7, 11) is 0. The van der Waals surface area contributed by atoms with E-state index in [0.29, 0.717) is 0 Å². The maximum atomic E-state index is 10.1. The normalized spacial score (nSPS) is 53.5. The summed E-state index contributed by atoms with van der Waals surface area (Å²) in [5.74, 6) is 0. The second kappa shape index (κ2) is 7.01. The van der Waals surface area contributed by atoms with Gasteiger partial charge >= 0.3 is 0 Å². The monoisotopic (exact) mass is 325 g/mol. The molecule has 2 fully saturated rings. The summed E-state index contributed by atoms with van der Waals surface area (Å²) in [5, 5.41) is 58.1. The van der Waals surface area contributed by atoms with Crippen LogP contribution in [0.5, 0.6) is 0 Å². The second-order valence-electron chi connectivity index (χ2n) is 5.60. The summed E-state index contributed by atoms with van der Waals surface area (Å²) in [5.41, 5.74) is 5.70. The Bertz CT molecular complexity index is 373. The van der Waals surface area contributed by atoms with Crippen LogP contribution in [0.3, 0.4) is 0 Å². The van der Waals surface area contributed by atoms with Crippen molar-refractivity contribution in [2.24, 2.45) is 5.73 Å². The van der Waals surface area contributed by atoms with Crippen molar-refractivity contribution >= 4 is 0 Å². The van der Waals surface area contributed by atoms with E-state index in [1.165, 1.54) is 6.92 Å². The van der Waals surface area contributed by atoms with Crippen LogP contribution in [-0.4, -0.2) is 98.6 Å². The van der Waals surface area contributed by atoms with Gasteiger partial charge in [-0.2, -0.15) is 0 Å². The third-order valence-corrected chi connectivity index (χ3v) is 4.02. The van der Waals surface area contributed by atoms with Gasteiger partial charge in [0.2, 0.25) is 0 Å². The summed E-state index contributed by atoms with van der Waals surface area (Å²) >= 11 is 0. The van der Waals surface area contributed by atoms with Crippen LogP contribution in [0.15, 0.2) is 0 Å². The molecule has 0 bridgehead atoms. The topological polar surface area (TPSA) is 175 Å². The lowest BCUT2D eigenvalue weighted by Gasteiger charge is -2.45. The molecular weight excluding hydrogens is 302 g/mol. The van der Waals surface area contributed by atoms with Crippen molar-refractivity contribution in [2.45, 2.75) is 68.3 Å². The molecule has 10 heteroatoms. The molecular formula is C12H23NO9. The predicted octanol–water partition coefficient (Wildman–Crippen LogP) is -4.40. The quantitative estimate of drug-likeness (QED) is 0.268. The van der Waals surface area contributed by atoms with E-state index in [0.717, 1.165) is 0 Å². The van der Waals surface area contributed by atoms with Crippen LogP contribution in [0, 0.1) is 0 Å². The van der Waals surface area contributed by atoms with Crippen LogP contribution in [0.2, 0.25) is 0 Å². The first-order chi connectivity index (χ1) is 10.3. The molecule has 8 N–H and O–H groups in total. The fourth-order valence-corrected chi connectivity index (χ4v) is 2.55. The smallest absolute Gasteiger partial charge is 0.187 e. The Morgan fingerprint density at radius 1 is 0.955 bits per heavy atom. The van der Waals surface area contributed by atoms with E-state index in [2.05, 4.69) is 0 Å². The summed E-state index contributed by atoms with van der Waals surface area (Å²) in [6, 6.07) is -1.16. The molecule has 4 unspecified atom stereocenters. The highest BCUT2D eigenvalue weighted by Gasteiger charge is 2.48. The number of hydrogen-bond donors (Lipinski definition) is 7. The molecule has 0 saturated carbocycles. The van der Waals surface area contributed by atoms with Gasteiger partial charge in [0.15, 0.2) is 12.6 Å². The van der Waals surface area contributed by atoms with Gasteiger partial charge in [-0.15, -0.1) is 0 Å². The predicted molar refractivity (Wildman–Crippen MR) is 69.2 cm³/mol. The molecule has 2 aliphatic rings. The Labute approximate surface area is 126 Å². The number of aliphatic hydroxyl groups excluding tert-OH is 6. The van der Waals surface area contributed by atoms with Crippen LogP contribution in [0.25, 0.3) is 0 Å². The van der Waals surface area contributed by atoms with E-state index in [1.807, 2.05) is 0 Å². The van der Waals surface area contributed by atoms with Crippen LogP contribution < -0.4 is 5.73 Å². The van der Waals surface area contributed by atoms with Gasteiger partial charge in [-0.3, -0.25) is 0 Å². The van der Waals surface area contributed by atoms with Crippen molar-refractivity contribution in [3.63, 3.8) is 0 Å². The van der Waals surface area contributed by atoms with Gasteiger partial charge in [0.25, 0.3) is 0 Å². The first-order valence-corrected chi connectivity index (χ1v) is 7.01. The van der Waals surface area contributed by atoms with E-state index in [9.17, 15) is 25.5 Å². The lowest BCUT2D eigenvalue weighted by Crippen LogP contribution is -2.66. The van der Waals surface area contributed by atoms with E-state index < -0.39 is 68.0 Å². The van der Waals surface area contributed by atoms with Crippen molar-refractivity contribution < 1.29 is 44.8 Å². The Balaban J connectivity index is 2.10. The van der Waals surface area contributed by atoms with Crippen molar-refractivity contribution in [2.75, 3.05) is 6.61 Å². The minimum Gasteiger partial charge on any atom is -0.394 e. The molecule has 10 atom stereocenters. The Kier molecular flexibility index (Phi) is 5.72. The first kappa shape index (κ1) is 17.9. The maximum absolute atomic E-state index is 10.1. The zero-order valence-corrected chi connectivity index (χ0v) is 12.0. The van der Waals surface area contributed by atoms with Crippen LogP contribution in [0.4, 0.5) is 0 Å². The molecule has 0 radical (unpaired) electrons. The van der Waals surface area contributed by atoms with E-state index >= 15 is 0 Å². The first-order valence-electron chi connectivity index (χ1n) is 7.01. The van der Waals surface area contributed by atoms with Gasteiger partial charge < -0.3 is 50.6 Å². The number of hydrogen-bond acceptors (Lipinski definition) is 10. The third kappa shape index (κ3) is 3.26. The molecule has 10 nitrogen and oxygen atoms in total. The summed E-state index contributed by atoms with van der Waals surface area (Å²) < 4.78 is 15.6. The molecule has 2 aliphatic heterocycles. The van der Waals surface area contributed by atoms with Gasteiger partial charge in [0, 0.05) is 0 Å². The molecule has 0 aromatic heterocycles. The molecule has 0 aromatic carbocycles. The molecule has 0 aliphatic carbocycles. The lowest BCUT2D eigenvalue weighted by molar-refractivity contribution is -0.335. The van der Waals surface area contributed by atoms with E-state index in [4.69, 9.17) is 25.1 Å². The van der Waals surface area contributed by atoms with Crippen molar-refractivity contribution in [3.05, 3.63) is 0 Å². The second-order valence-corrected chi connectivity index (χ2v) is 5.60. The fraction of sp³-hybridized carbons (Fsp3) is 1.00. The average Bonchev–Trinajstić information content (AvgIpc) is 2.50. The Hall–Kier alpha value is -0.400. The van der Waals surface area contributed by atoms with Crippen molar-refractivity contribution in [1.82, 2.24) is 0 Å². The SMILES string of the molecule is CC1O[C@@H](O[C@@H]2C(N)[C@H](O)OC(CO)[C@H]2O)C(O)[C@@H](O)[C@@H]1O. The maximum Gasteiger partial charge on any atom is 0.187 e. The Morgan fingerprint density at radius 3 is 2.18 bits per heavy atom. The number of ether oxygens (including phenoxy) is 3. The number of nitrogens with two attached hydrogens (primary N) is 1. The van der Waals surface area contributed by atoms with E-state index in [1.54, 1.807) is 0 Å². The lowest BCUT2D eigenvalue weighted by atomic mass is 9.96. The van der Waals surface area contributed by atoms with Gasteiger partial charge in [0.1, 0.15) is 36.6 Å². The van der Waals surface area contributed by atoms with Crippen molar-refractivity contribution in [3.8, 4) is 0 Å². The third-order valence-electron chi connectivity index (χ3n) is 4.02. The molecule has 130 valence electrons. The van der Waals surface area contributed by atoms with Gasteiger partial charge in [0.05, 0.1) is 18.8 Å². The Morgan fingerprint density at radius 2 is 1.59 bits per heavy atom. The van der Waals surface area contributed by atoms with Gasteiger partial charge in [-0.25, -0.2) is 0 Å². The molecule has 2 rings (SSSR count).